The first kappa shape index (κ1) is 15.4. The lowest BCUT2D eigenvalue weighted by Crippen LogP contribution is -2.33. The molecule has 3 aromatic rings. The van der Waals surface area contributed by atoms with Crippen LogP contribution in [0.4, 0.5) is 0 Å². The predicted octanol–water partition coefficient (Wildman–Crippen LogP) is 2.04. The number of nitrogens with zero attached hydrogens (tertiary/aromatic N) is 2. The molecule has 0 fully saturated rings. The van der Waals surface area contributed by atoms with Crippen molar-refractivity contribution in [3.05, 3.63) is 76.5 Å². The summed E-state index contributed by atoms with van der Waals surface area (Å²) in [6.07, 6.45) is 3.15. The van der Waals surface area contributed by atoms with Crippen molar-refractivity contribution in [3.8, 4) is 11.1 Å². The monoisotopic (exact) mass is 334 g/mol. The molecule has 6 heteroatoms. The number of aromatic amines is 1. The number of rotatable bonds is 4. The third kappa shape index (κ3) is 3.10. The molecule has 0 saturated carbocycles. The molecule has 0 saturated heterocycles. The average molecular weight is 334 g/mol. The molecular weight excluding hydrogens is 316 g/mol. The van der Waals surface area contributed by atoms with E-state index in [1.807, 2.05) is 18.2 Å². The Morgan fingerprint density at radius 1 is 1.20 bits per heavy atom. The van der Waals surface area contributed by atoms with Crippen molar-refractivity contribution in [2.24, 2.45) is 0 Å². The predicted molar refractivity (Wildman–Crippen MR) is 93.9 cm³/mol. The van der Waals surface area contributed by atoms with E-state index in [4.69, 9.17) is 0 Å². The minimum Gasteiger partial charge on any atom is -0.348 e. The van der Waals surface area contributed by atoms with Crippen LogP contribution in [-0.4, -0.2) is 20.7 Å². The smallest absolute Gasteiger partial charge is 0.343 e. The molecule has 2 N–H and O–H groups in total. The van der Waals surface area contributed by atoms with Crippen LogP contribution in [0.15, 0.2) is 59.7 Å². The maximum atomic E-state index is 12.3. The molecule has 0 spiro atoms. The van der Waals surface area contributed by atoms with Gasteiger partial charge < -0.3 is 5.32 Å². The van der Waals surface area contributed by atoms with Gasteiger partial charge in [-0.05, 0) is 41.2 Å². The first-order chi connectivity index (χ1) is 12.2. The van der Waals surface area contributed by atoms with E-state index in [9.17, 15) is 9.59 Å². The first-order valence-electron chi connectivity index (χ1n) is 8.28. The van der Waals surface area contributed by atoms with Gasteiger partial charge in [-0.2, -0.15) is 5.10 Å². The summed E-state index contributed by atoms with van der Waals surface area (Å²) in [5.74, 6) is -0.188. The molecule has 2 aromatic carbocycles. The van der Waals surface area contributed by atoms with Crippen molar-refractivity contribution in [3.63, 3.8) is 0 Å². The van der Waals surface area contributed by atoms with Gasteiger partial charge in [0, 0.05) is 0 Å². The molecule has 4 rings (SSSR count). The van der Waals surface area contributed by atoms with Crippen LogP contribution in [-0.2, 0) is 17.8 Å². The second kappa shape index (κ2) is 6.39. The van der Waals surface area contributed by atoms with Gasteiger partial charge in [0.05, 0.1) is 6.04 Å². The fraction of sp³-hybridized carbons (Fsp3) is 0.211. The summed E-state index contributed by atoms with van der Waals surface area (Å²) >= 11 is 0. The number of carbonyl (C=O) groups is 1. The quantitative estimate of drug-likeness (QED) is 0.766. The number of aryl methyl sites for hydroxylation is 1. The van der Waals surface area contributed by atoms with Crippen LogP contribution >= 0.6 is 0 Å². The van der Waals surface area contributed by atoms with Crippen LogP contribution in [0, 0.1) is 0 Å². The maximum Gasteiger partial charge on any atom is 0.343 e. The molecule has 0 aliphatic heterocycles. The molecule has 0 bridgehead atoms. The summed E-state index contributed by atoms with van der Waals surface area (Å²) in [7, 11) is 0. The minimum atomic E-state index is -0.381. The molecule has 6 nitrogen and oxygen atoms in total. The second-order valence-corrected chi connectivity index (χ2v) is 6.23. The van der Waals surface area contributed by atoms with Crippen molar-refractivity contribution >= 4 is 5.91 Å². The van der Waals surface area contributed by atoms with Crippen LogP contribution in [0.3, 0.4) is 0 Å². The van der Waals surface area contributed by atoms with Gasteiger partial charge in [-0.3, -0.25) is 9.36 Å². The fourth-order valence-corrected chi connectivity index (χ4v) is 3.34. The van der Waals surface area contributed by atoms with E-state index in [1.54, 1.807) is 0 Å². The number of nitrogens with one attached hydrogen (secondary N) is 2. The lowest BCUT2D eigenvalue weighted by atomic mass is 9.99. The summed E-state index contributed by atoms with van der Waals surface area (Å²) in [6, 6.07) is 16.6. The number of benzene rings is 2. The standard InChI is InChI=1S/C19H18N4O2/c24-18(11-23-12-20-22-19(23)25)21-17-9-8-14-6-7-15(10-16(14)17)13-4-2-1-3-5-13/h1-7,10,12,17H,8-9,11H2,(H,21,24)(H,22,25)/t17-/m1/s1. The highest BCUT2D eigenvalue weighted by molar-refractivity contribution is 5.76. The second-order valence-electron chi connectivity index (χ2n) is 6.23. The van der Waals surface area contributed by atoms with E-state index >= 15 is 0 Å². The Hall–Kier alpha value is -3.15. The third-order valence-electron chi connectivity index (χ3n) is 4.60. The number of hydrogen-bond donors (Lipinski definition) is 2. The van der Waals surface area contributed by atoms with Gasteiger partial charge in [-0.25, -0.2) is 9.89 Å². The highest BCUT2D eigenvalue weighted by Crippen LogP contribution is 2.34. The van der Waals surface area contributed by atoms with Crippen LogP contribution < -0.4 is 11.0 Å². The zero-order chi connectivity index (χ0) is 17.2. The number of aromatic nitrogens is 3. The number of amides is 1. The van der Waals surface area contributed by atoms with Gasteiger partial charge >= 0.3 is 5.69 Å². The lowest BCUT2D eigenvalue weighted by molar-refractivity contribution is -0.122. The van der Waals surface area contributed by atoms with E-state index in [-0.39, 0.29) is 24.2 Å². The molecule has 126 valence electrons. The van der Waals surface area contributed by atoms with Gasteiger partial charge in [-0.15, -0.1) is 0 Å². The molecule has 1 heterocycles. The average Bonchev–Trinajstić information content (AvgIpc) is 3.22. The van der Waals surface area contributed by atoms with Crippen LogP contribution in [0.1, 0.15) is 23.6 Å². The van der Waals surface area contributed by atoms with Crippen molar-refractivity contribution in [1.29, 1.82) is 0 Å². The van der Waals surface area contributed by atoms with Crippen molar-refractivity contribution in [2.45, 2.75) is 25.4 Å². The zero-order valence-electron chi connectivity index (χ0n) is 13.6. The van der Waals surface area contributed by atoms with Crippen LogP contribution in [0.25, 0.3) is 11.1 Å². The number of carbonyl (C=O) groups excluding carboxylic acids is 1. The summed E-state index contributed by atoms with van der Waals surface area (Å²) in [6.45, 7) is -0.0282. The highest BCUT2D eigenvalue weighted by Gasteiger charge is 2.24. The van der Waals surface area contributed by atoms with Gasteiger partial charge in [0.1, 0.15) is 12.9 Å². The Morgan fingerprint density at radius 2 is 2.04 bits per heavy atom. The van der Waals surface area contributed by atoms with E-state index in [2.05, 4.69) is 45.8 Å². The summed E-state index contributed by atoms with van der Waals surface area (Å²) in [5.41, 5.74) is 4.35. The van der Waals surface area contributed by atoms with Gasteiger partial charge in [0.15, 0.2) is 0 Å². The summed E-state index contributed by atoms with van der Waals surface area (Å²) < 4.78 is 1.26. The van der Waals surface area contributed by atoms with E-state index in [1.165, 1.54) is 16.5 Å². The summed E-state index contributed by atoms with van der Waals surface area (Å²) in [4.78, 5) is 23.7. The molecule has 1 aromatic heterocycles. The van der Waals surface area contributed by atoms with Crippen LogP contribution in [0.5, 0.6) is 0 Å². The number of fused-ring (bicyclic) bond motifs is 1. The van der Waals surface area contributed by atoms with Crippen molar-refractivity contribution < 1.29 is 4.79 Å². The Kier molecular flexibility index (Phi) is 3.93. The van der Waals surface area contributed by atoms with Crippen LogP contribution in [0.2, 0.25) is 0 Å². The lowest BCUT2D eigenvalue weighted by Gasteiger charge is -2.15. The minimum absolute atomic E-state index is 0.0197. The number of H-pyrrole nitrogens is 1. The van der Waals surface area contributed by atoms with E-state index in [0.29, 0.717) is 0 Å². The van der Waals surface area contributed by atoms with E-state index < -0.39 is 0 Å². The Bertz CT molecular complexity index is 959. The Labute approximate surface area is 144 Å². The van der Waals surface area contributed by atoms with Gasteiger partial charge in [0.25, 0.3) is 0 Å². The fourth-order valence-electron chi connectivity index (χ4n) is 3.34. The number of hydrogen-bond acceptors (Lipinski definition) is 3. The molecular formula is C19H18N4O2. The molecule has 25 heavy (non-hydrogen) atoms. The van der Waals surface area contributed by atoms with Crippen molar-refractivity contribution in [2.75, 3.05) is 0 Å². The van der Waals surface area contributed by atoms with E-state index in [0.717, 1.165) is 29.5 Å². The highest BCUT2D eigenvalue weighted by atomic mass is 16.2. The maximum absolute atomic E-state index is 12.3. The zero-order valence-corrected chi connectivity index (χ0v) is 13.6. The molecule has 1 aliphatic carbocycles. The topological polar surface area (TPSA) is 79.8 Å². The first-order valence-corrected chi connectivity index (χ1v) is 8.28. The van der Waals surface area contributed by atoms with Gasteiger partial charge in [-0.1, -0.05) is 42.5 Å². The largest absolute Gasteiger partial charge is 0.348 e. The van der Waals surface area contributed by atoms with Crippen molar-refractivity contribution in [1.82, 2.24) is 20.1 Å². The molecule has 1 amide bonds. The molecule has 0 unspecified atom stereocenters. The molecule has 1 aliphatic rings. The third-order valence-corrected chi connectivity index (χ3v) is 4.60. The van der Waals surface area contributed by atoms with Gasteiger partial charge in [0.2, 0.25) is 5.91 Å². The SMILES string of the molecule is O=C(Cn1cn[nH]c1=O)N[C@@H]1CCc2ccc(-c3ccccc3)cc21. The molecule has 1 atom stereocenters. The Balaban J connectivity index is 1.54. The normalized spacial score (nSPS) is 15.8. The molecule has 0 radical (unpaired) electrons. The Morgan fingerprint density at radius 3 is 2.80 bits per heavy atom. The summed E-state index contributed by atoms with van der Waals surface area (Å²) in [5, 5.41) is 8.96.